The predicted molar refractivity (Wildman–Crippen MR) is 89.4 cm³/mol. The van der Waals surface area contributed by atoms with E-state index in [-0.39, 0.29) is 20.9 Å². The van der Waals surface area contributed by atoms with Gasteiger partial charge in [0, 0.05) is 11.4 Å². The second-order valence-electron chi connectivity index (χ2n) is 4.44. The van der Waals surface area contributed by atoms with Crippen molar-refractivity contribution >= 4 is 51.9 Å². The van der Waals surface area contributed by atoms with Crippen LogP contribution in [0.3, 0.4) is 0 Å². The Bertz CT molecular complexity index is 713. The van der Waals surface area contributed by atoms with E-state index >= 15 is 0 Å². The largest absolute Gasteiger partial charge is 0.505 e. The van der Waals surface area contributed by atoms with E-state index in [1.54, 1.807) is 0 Å². The smallest absolute Gasteiger partial charge is 0.416 e. The molecule has 0 aliphatic carbocycles. The molecule has 0 amide bonds. The van der Waals surface area contributed by atoms with Gasteiger partial charge in [-0.25, -0.2) is 0 Å². The molecule has 9 heteroatoms. The normalized spacial score (nSPS) is 11.2. The quantitative estimate of drug-likeness (QED) is 0.473. The molecule has 23 heavy (non-hydrogen) atoms. The highest BCUT2D eigenvalue weighted by molar-refractivity contribution is 7.80. The fraction of sp³-hybridized carbons (Fsp3) is 0.0714. The minimum Gasteiger partial charge on any atom is -0.505 e. The molecule has 3 N–H and O–H groups in total. The van der Waals surface area contributed by atoms with Crippen LogP contribution in [-0.4, -0.2) is 10.2 Å². The molecular formula is C14H9Cl2F3N2OS. The van der Waals surface area contributed by atoms with Crippen LogP contribution in [-0.2, 0) is 6.18 Å². The number of nitrogens with one attached hydrogen (secondary N) is 2. The van der Waals surface area contributed by atoms with Gasteiger partial charge in [-0.05, 0) is 48.6 Å². The molecule has 2 aromatic rings. The van der Waals surface area contributed by atoms with Crippen LogP contribution < -0.4 is 10.6 Å². The molecule has 0 aromatic heterocycles. The van der Waals surface area contributed by atoms with Crippen molar-refractivity contribution in [1.82, 2.24) is 0 Å². The Morgan fingerprint density at radius 3 is 1.91 bits per heavy atom. The minimum atomic E-state index is -4.39. The van der Waals surface area contributed by atoms with Gasteiger partial charge in [0.1, 0.15) is 0 Å². The highest BCUT2D eigenvalue weighted by atomic mass is 35.5. The average Bonchev–Trinajstić information content (AvgIpc) is 2.44. The number of hydrogen-bond acceptors (Lipinski definition) is 2. The van der Waals surface area contributed by atoms with Crippen molar-refractivity contribution in [1.29, 1.82) is 0 Å². The highest BCUT2D eigenvalue weighted by Gasteiger charge is 2.29. The van der Waals surface area contributed by atoms with Crippen LogP contribution in [0.15, 0.2) is 36.4 Å². The van der Waals surface area contributed by atoms with Crippen molar-refractivity contribution in [2.75, 3.05) is 10.6 Å². The summed E-state index contributed by atoms with van der Waals surface area (Å²) in [5.41, 5.74) is 0.0488. The number of benzene rings is 2. The molecule has 0 radical (unpaired) electrons. The molecule has 0 unspecified atom stereocenters. The first kappa shape index (κ1) is 17.7. The van der Waals surface area contributed by atoms with Crippen molar-refractivity contribution in [3.63, 3.8) is 0 Å². The van der Waals surface area contributed by atoms with Gasteiger partial charge in [-0.3, -0.25) is 0 Å². The number of rotatable bonds is 2. The van der Waals surface area contributed by atoms with Gasteiger partial charge in [-0.15, -0.1) is 0 Å². The summed E-state index contributed by atoms with van der Waals surface area (Å²) in [4.78, 5) is 0. The minimum absolute atomic E-state index is 0.0392. The maximum atomic E-state index is 12.5. The van der Waals surface area contributed by atoms with Gasteiger partial charge in [-0.2, -0.15) is 13.2 Å². The van der Waals surface area contributed by atoms with Gasteiger partial charge >= 0.3 is 6.18 Å². The van der Waals surface area contributed by atoms with E-state index in [9.17, 15) is 18.3 Å². The van der Waals surface area contributed by atoms with E-state index in [0.717, 1.165) is 12.1 Å². The summed E-state index contributed by atoms with van der Waals surface area (Å²) < 4.78 is 37.4. The maximum Gasteiger partial charge on any atom is 0.416 e. The highest BCUT2D eigenvalue weighted by Crippen LogP contribution is 2.34. The maximum absolute atomic E-state index is 12.5. The van der Waals surface area contributed by atoms with Crippen LogP contribution in [0.1, 0.15) is 5.56 Å². The summed E-state index contributed by atoms with van der Waals surface area (Å²) in [6.45, 7) is 0. The number of anilines is 2. The Morgan fingerprint density at radius 1 is 0.957 bits per heavy atom. The van der Waals surface area contributed by atoms with Gasteiger partial charge in [0.2, 0.25) is 0 Å². The van der Waals surface area contributed by atoms with Gasteiger partial charge in [-0.1, -0.05) is 23.2 Å². The monoisotopic (exact) mass is 380 g/mol. The number of phenols is 1. The summed E-state index contributed by atoms with van der Waals surface area (Å²) in [5.74, 6) is -0.250. The van der Waals surface area contributed by atoms with E-state index in [2.05, 4.69) is 10.6 Å². The summed E-state index contributed by atoms with van der Waals surface area (Å²) >= 11 is 16.6. The molecule has 2 aromatic carbocycles. The average molecular weight is 381 g/mol. The number of thiocarbonyl (C=S) groups is 1. The fourth-order valence-corrected chi connectivity index (χ4v) is 2.40. The third-order valence-corrected chi connectivity index (χ3v) is 3.53. The molecule has 122 valence electrons. The van der Waals surface area contributed by atoms with Gasteiger partial charge < -0.3 is 15.7 Å². The lowest BCUT2D eigenvalue weighted by Crippen LogP contribution is -2.19. The zero-order valence-corrected chi connectivity index (χ0v) is 13.5. The first-order chi connectivity index (χ1) is 10.7. The first-order valence-corrected chi connectivity index (χ1v) is 7.26. The van der Waals surface area contributed by atoms with Gasteiger partial charge in [0.15, 0.2) is 10.9 Å². The van der Waals surface area contributed by atoms with Crippen molar-refractivity contribution in [2.45, 2.75) is 6.18 Å². The first-order valence-electron chi connectivity index (χ1n) is 6.10. The molecule has 0 aliphatic rings. The second kappa shape index (κ2) is 6.82. The van der Waals surface area contributed by atoms with E-state index < -0.39 is 11.7 Å². The Morgan fingerprint density at radius 2 is 1.43 bits per heavy atom. The van der Waals surface area contributed by atoms with Crippen LogP contribution in [0.25, 0.3) is 0 Å². The lowest BCUT2D eigenvalue weighted by atomic mass is 10.2. The Labute approximate surface area is 145 Å². The van der Waals surface area contributed by atoms with Gasteiger partial charge in [0.25, 0.3) is 0 Å². The van der Waals surface area contributed by atoms with Crippen LogP contribution >= 0.6 is 35.4 Å². The number of alkyl halides is 3. The van der Waals surface area contributed by atoms with E-state index in [0.29, 0.717) is 11.4 Å². The third kappa shape index (κ3) is 4.63. The van der Waals surface area contributed by atoms with Crippen molar-refractivity contribution < 1.29 is 18.3 Å². The topological polar surface area (TPSA) is 44.3 Å². The number of halogens is 5. The molecule has 0 saturated carbocycles. The van der Waals surface area contributed by atoms with Crippen LogP contribution in [0.4, 0.5) is 24.5 Å². The van der Waals surface area contributed by atoms with E-state index in [1.165, 1.54) is 24.3 Å². The molecule has 0 saturated heterocycles. The lowest BCUT2D eigenvalue weighted by Gasteiger charge is -2.13. The van der Waals surface area contributed by atoms with E-state index in [1.807, 2.05) is 0 Å². The van der Waals surface area contributed by atoms with Crippen LogP contribution in [0.5, 0.6) is 5.75 Å². The van der Waals surface area contributed by atoms with Crippen molar-refractivity contribution in [3.05, 3.63) is 52.0 Å². The Balaban J connectivity index is 2.05. The molecule has 0 heterocycles. The Kier molecular flexibility index (Phi) is 5.23. The number of aromatic hydroxyl groups is 1. The summed E-state index contributed by atoms with van der Waals surface area (Å²) in [6.07, 6.45) is -4.39. The Hall–Kier alpha value is -1.70. The lowest BCUT2D eigenvalue weighted by molar-refractivity contribution is -0.137. The molecule has 2 rings (SSSR count). The standard InChI is InChI=1S/C14H9Cl2F3N2OS/c15-10-5-9(6-11(16)12(10)22)21-13(23)20-8-3-1-7(2-4-8)14(17,18)19/h1-6,22H,(H2,20,21,23). The summed E-state index contributed by atoms with van der Waals surface area (Å²) in [5, 5.41) is 15.2. The molecular weight excluding hydrogens is 372 g/mol. The number of hydrogen-bond donors (Lipinski definition) is 3. The predicted octanol–water partition coefficient (Wildman–Crippen LogP) is 5.53. The second-order valence-corrected chi connectivity index (χ2v) is 5.67. The molecule has 0 aliphatic heterocycles. The SMILES string of the molecule is Oc1c(Cl)cc(NC(=S)Nc2ccc(C(F)(F)F)cc2)cc1Cl. The zero-order valence-electron chi connectivity index (χ0n) is 11.2. The van der Waals surface area contributed by atoms with Crippen LogP contribution in [0, 0.1) is 0 Å². The van der Waals surface area contributed by atoms with Crippen molar-refractivity contribution in [2.24, 2.45) is 0 Å². The number of phenolic OH excluding ortho intramolecular Hbond substituents is 1. The molecule has 0 spiro atoms. The molecule has 0 atom stereocenters. The van der Waals surface area contributed by atoms with Gasteiger partial charge in [0.05, 0.1) is 15.6 Å². The molecule has 3 nitrogen and oxygen atoms in total. The third-order valence-electron chi connectivity index (χ3n) is 2.74. The molecule has 0 fully saturated rings. The van der Waals surface area contributed by atoms with Crippen LogP contribution in [0.2, 0.25) is 10.0 Å². The fourth-order valence-electron chi connectivity index (χ4n) is 1.67. The summed E-state index contributed by atoms with van der Waals surface area (Å²) in [6, 6.07) is 7.21. The van der Waals surface area contributed by atoms with Crippen molar-refractivity contribution in [3.8, 4) is 5.75 Å². The zero-order chi connectivity index (χ0) is 17.2. The summed E-state index contributed by atoms with van der Waals surface area (Å²) in [7, 11) is 0. The van der Waals surface area contributed by atoms with E-state index in [4.69, 9.17) is 35.4 Å². The molecule has 0 bridgehead atoms.